The minimum absolute atomic E-state index is 0.0358. The van der Waals surface area contributed by atoms with Crippen LogP contribution in [0.4, 0.5) is 8.78 Å². The molecule has 0 bridgehead atoms. The van der Waals surface area contributed by atoms with Crippen LogP contribution in [0.2, 0.25) is 5.02 Å². The minimum Gasteiger partial charge on any atom is -0.493 e. The predicted molar refractivity (Wildman–Crippen MR) is 146 cm³/mol. The van der Waals surface area contributed by atoms with E-state index in [0.29, 0.717) is 23.8 Å². The lowest BCUT2D eigenvalue weighted by atomic mass is 10.0. The van der Waals surface area contributed by atoms with Gasteiger partial charge in [0.15, 0.2) is 0 Å². The molecule has 0 aromatic heterocycles. The largest absolute Gasteiger partial charge is 0.493 e. The van der Waals surface area contributed by atoms with E-state index >= 15 is 4.39 Å². The van der Waals surface area contributed by atoms with Gasteiger partial charge in [0.05, 0.1) is 17.5 Å². The zero-order valence-corrected chi connectivity index (χ0v) is 23.9. The van der Waals surface area contributed by atoms with Crippen LogP contribution in [0, 0.1) is 0 Å². The van der Waals surface area contributed by atoms with Crippen molar-refractivity contribution in [3.8, 4) is 5.75 Å². The molecule has 0 heterocycles. The van der Waals surface area contributed by atoms with Crippen LogP contribution in [-0.2, 0) is 21.2 Å². The second kappa shape index (κ2) is 12.5. The Hall–Kier alpha value is -1.88. The van der Waals surface area contributed by atoms with E-state index < -0.39 is 36.4 Å². The van der Waals surface area contributed by atoms with Gasteiger partial charge in [-0.25, -0.2) is 17.2 Å². The fourth-order valence-corrected chi connectivity index (χ4v) is 5.83. The third kappa shape index (κ3) is 7.20. The number of amides is 1. The Balaban J connectivity index is 1.70. The van der Waals surface area contributed by atoms with E-state index in [1.165, 1.54) is 36.2 Å². The van der Waals surface area contributed by atoms with E-state index in [4.69, 9.17) is 51.1 Å². The molecule has 0 saturated heterocycles. The van der Waals surface area contributed by atoms with E-state index in [-0.39, 0.29) is 29.6 Å². The van der Waals surface area contributed by atoms with Gasteiger partial charge in [0.1, 0.15) is 11.6 Å². The second-order valence-electron chi connectivity index (χ2n) is 8.43. The maximum Gasteiger partial charge on any atom is 0.274 e. The van der Waals surface area contributed by atoms with Crippen LogP contribution < -0.4 is 10.1 Å². The Morgan fingerprint density at radius 2 is 1.82 bits per heavy atom. The van der Waals surface area contributed by atoms with Crippen LogP contribution in [0.1, 0.15) is 12.0 Å². The van der Waals surface area contributed by atoms with Gasteiger partial charge in [-0.1, -0.05) is 64.6 Å². The number of carbonyl (C=O) groups is 1. The molecule has 0 radical (unpaired) electrons. The van der Waals surface area contributed by atoms with Crippen LogP contribution in [0.3, 0.4) is 0 Å². The molecule has 13 heteroatoms. The Bertz CT molecular complexity index is 1320. The molecule has 1 aliphatic rings. The number of hydrogen-bond donors (Lipinski definition) is 1. The molecule has 1 amide bonds. The van der Waals surface area contributed by atoms with Gasteiger partial charge in [-0.3, -0.25) is 4.79 Å². The van der Waals surface area contributed by atoms with Gasteiger partial charge < -0.3 is 15.0 Å². The molecule has 1 aliphatic carbocycles. The number of nitrogens with zero attached hydrogens (tertiary/aromatic N) is 1. The maximum absolute atomic E-state index is 16.2. The number of hydrogen-bond acceptors (Lipinski definition) is 5. The number of nitrogens with one attached hydrogen (secondary N) is 1. The third-order valence-corrected chi connectivity index (χ3v) is 8.57. The van der Waals surface area contributed by atoms with Gasteiger partial charge in [-0.05, 0) is 55.0 Å². The number of ether oxygens (including phenoxy) is 1. The maximum atomic E-state index is 16.2. The van der Waals surface area contributed by atoms with E-state index in [2.05, 4.69) is 5.32 Å². The van der Waals surface area contributed by atoms with Crippen molar-refractivity contribution in [3.63, 3.8) is 0 Å². The average molecular weight is 628 g/mol. The van der Waals surface area contributed by atoms with Crippen LogP contribution in [0.15, 0.2) is 77.5 Å². The molecule has 3 rings (SSSR count). The van der Waals surface area contributed by atoms with E-state index in [1.807, 2.05) is 0 Å². The summed E-state index contributed by atoms with van der Waals surface area (Å²) in [5, 5.41) is 0.124. The summed E-state index contributed by atoms with van der Waals surface area (Å²) in [6, 6.07) is 10.4. The van der Waals surface area contributed by atoms with Crippen LogP contribution in [-0.4, -0.2) is 54.3 Å². The highest BCUT2D eigenvalue weighted by Gasteiger charge is 2.50. The lowest BCUT2D eigenvalue weighted by Crippen LogP contribution is -2.51. The number of para-hydroxylation sites is 1. The molecule has 0 saturated carbocycles. The molecular formula is C25H24Cl4F2N2O4S. The number of rotatable bonds is 10. The standard InChI is InChI=1S/C25H24Cl4F2N2O4S/c1-33(23(34)25(27,28)29)13-4-14-37-21-6-3-2-5-17(21)16-32-22-15-19(30)11-12-24(22,31)38(35,36)20-9-7-18(26)8-10-20/h2-3,5-12,15,22,32H,4,13-14,16H2,1H3. The molecule has 0 aliphatic heterocycles. The molecule has 2 atom stereocenters. The fraction of sp³-hybridized carbons (Fsp3) is 0.320. The summed E-state index contributed by atoms with van der Waals surface area (Å²) in [6.45, 7) is 0.428. The van der Waals surface area contributed by atoms with Crippen molar-refractivity contribution in [2.24, 2.45) is 0 Å². The molecule has 2 unspecified atom stereocenters. The first-order chi connectivity index (χ1) is 17.8. The van der Waals surface area contributed by atoms with Crippen LogP contribution >= 0.6 is 46.4 Å². The number of alkyl halides is 4. The highest BCUT2D eigenvalue weighted by molar-refractivity contribution is 7.93. The molecule has 206 valence electrons. The molecule has 38 heavy (non-hydrogen) atoms. The Labute approximate surface area is 240 Å². The summed E-state index contributed by atoms with van der Waals surface area (Å²) in [5.41, 5.74) is 0.577. The zero-order valence-electron chi connectivity index (χ0n) is 20.0. The summed E-state index contributed by atoms with van der Waals surface area (Å²) < 4.78 is 60.5. The van der Waals surface area contributed by atoms with Crippen molar-refractivity contribution in [1.82, 2.24) is 10.2 Å². The highest BCUT2D eigenvalue weighted by Crippen LogP contribution is 2.37. The highest BCUT2D eigenvalue weighted by atomic mass is 35.6. The molecule has 1 N–H and O–H groups in total. The minimum atomic E-state index is -4.59. The number of halogens is 6. The lowest BCUT2D eigenvalue weighted by Gasteiger charge is -2.32. The van der Waals surface area contributed by atoms with E-state index in [9.17, 15) is 17.6 Å². The van der Waals surface area contributed by atoms with Crippen molar-refractivity contribution < 1.29 is 26.7 Å². The quantitative estimate of drug-likeness (QED) is 0.260. The Morgan fingerprint density at radius 3 is 2.47 bits per heavy atom. The van der Waals surface area contributed by atoms with Crippen molar-refractivity contribution in [2.45, 2.75) is 32.7 Å². The van der Waals surface area contributed by atoms with Crippen molar-refractivity contribution in [2.75, 3.05) is 20.2 Å². The lowest BCUT2D eigenvalue weighted by molar-refractivity contribution is -0.129. The monoisotopic (exact) mass is 626 g/mol. The first-order valence-corrected chi connectivity index (χ1v) is 14.3. The second-order valence-corrected chi connectivity index (χ2v) is 13.3. The number of carbonyl (C=O) groups excluding carboxylic acids is 1. The molecular weight excluding hydrogens is 604 g/mol. The SMILES string of the molecule is CN(CCCOc1ccccc1CNC1C=C(F)C=CC1(F)S(=O)(=O)c1ccc(Cl)cc1)C(=O)C(Cl)(Cl)Cl. The molecule has 0 spiro atoms. The zero-order chi connectivity index (χ0) is 28.1. The molecule has 2 aromatic carbocycles. The van der Waals surface area contributed by atoms with Gasteiger partial charge in [0.25, 0.3) is 14.7 Å². The van der Waals surface area contributed by atoms with Gasteiger partial charge >= 0.3 is 0 Å². The number of sulfone groups is 1. The fourth-order valence-electron chi connectivity index (χ4n) is 3.69. The van der Waals surface area contributed by atoms with Crippen molar-refractivity contribution in [1.29, 1.82) is 0 Å². The van der Waals surface area contributed by atoms with Crippen molar-refractivity contribution >= 4 is 62.1 Å². The Morgan fingerprint density at radius 1 is 1.16 bits per heavy atom. The van der Waals surface area contributed by atoms with Gasteiger partial charge in [-0.15, -0.1) is 0 Å². The smallest absolute Gasteiger partial charge is 0.274 e. The number of benzene rings is 2. The number of allylic oxidation sites excluding steroid dienone is 2. The third-order valence-electron chi connectivity index (χ3n) is 5.73. The van der Waals surface area contributed by atoms with E-state index in [0.717, 1.165) is 12.2 Å². The molecule has 2 aromatic rings. The summed E-state index contributed by atoms with van der Waals surface area (Å²) in [4.78, 5) is 12.9. The van der Waals surface area contributed by atoms with Gasteiger partial charge in [-0.2, -0.15) is 0 Å². The van der Waals surface area contributed by atoms with Gasteiger partial charge in [0, 0.05) is 30.7 Å². The van der Waals surface area contributed by atoms with Crippen LogP contribution in [0.25, 0.3) is 0 Å². The topological polar surface area (TPSA) is 75.7 Å². The van der Waals surface area contributed by atoms with Gasteiger partial charge in [0.2, 0.25) is 9.84 Å². The predicted octanol–water partition coefficient (Wildman–Crippen LogP) is 5.96. The first kappa shape index (κ1) is 30.7. The summed E-state index contributed by atoms with van der Waals surface area (Å²) >= 11 is 22.7. The Kier molecular flexibility index (Phi) is 10.1. The van der Waals surface area contributed by atoms with Crippen LogP contribution in [0.5, 0.6) is 5.75 Å². The average Bonchev–Trinajstić information content (AvgIpc) is 2.86. The summed E-state index contributed by atoms with van der Waals surface area (Å²) in [5.74, 6) is -1.01. The first-order valence-electron chi connectivity index (χ1n) is 11.3. The normalized spacial score (nSPS) is 19.7. The summed E-state index contributed by atoms with van der Waals surface area (Å²) in [7, 11) is -3.09. The summed E-state index contributed by atoms with van der Waals surface area (Å²) in [6.07, 6.45) is 2.78. The van der Waals surface area contributed by atoms with E-state index in [1.54, 1.807) is 24.3 Å². The van der Waals surface area contributed by atoms with Crippen molar-refractivity contribution in [3.05, 3.63) is 83.2 Å². The molecule has 0 fully saturated rings. The molecule has 6 nitrogen and oxygen atoms in total.